The zero-order valence-electron chi connectivity index (χ0n) is 20.4. The first-order valence-electron chi connectivity index (χ1n) is 11.8. The summed E-state index contributed by atoms with van der Waals surface area (Å²) in [6, 6.07) is 17.3. The van der Waals surface area contributed by atoms with Crippen molar-refractivity contribution in [1.82, 2.24) is 5.32 Å². The van der Waals surface area contributed by atoms with Crippen molar-refractivity contribution in [3.05, 3.63) is 93.9 Å². The van der Waals surface area contributed by atoms with Crippen molar-refractivity contribution in [1.29, 1.82) is 0 Å². The van der Waals surface area contributed by atoms with Gasteiger partial charge in [0.2, 0.25) is 0 Å². The van der Waals surface area contributed by atoms with Gasteiger partial charge in [-0.25, -0.2) is 0 Å². The Balaban J connectivity index is 1.54. The smallest absolute Gasteiger partial charge is 0.287 e. The summed E-state index contributed by atoms with van der Waals surface area (Å²) in [5.41, 5.74) is 6.57. The summed E-state index contributed by atoms with van der Waals surface area (Å²) in [5.74, 6) is 0.696. The van der Waals surface area contributed by atoms with E-state index in [4.69, 9.17) is 4.42 Å². The van der Waals surface area contributed by atoms with E-state index in [1.54, 1.807) is 6.07 Å². The number of fused-ring (bicyclic) bond motifs is 1. The van der Waals surface area contributed by atoms with Crippen molar-refractivity contribution in [2.45, 2.75) is 70.8 Å². The van der Waals surface area contributed by atoms with Gasteiger partial charge < -0.3 is 14.8 Å². The number of aliphatic hydroxyl groups is 1. The molecule has 2 aromatic carbocycles. The molecule has 33 heavy (non-hydrogen) atoms. The van der Waals surface area contributed by atoms with Gasteiger partial charge in [-0.1, -0.05) is 70.2 Å². The lowest BCUT2D eigenvalue weighted by Gasteiger charge is -2.42. The van der Waals surface area contributed by atoms with Crippen LogP contribution in [0.4, 0.5) is 0 Å². The van der Waals surface area contributed by atoms with Crippen LogP contribution in [-0.2, 0) is 17.3 Å². The van der Waals surface area contributed by atoms with E-state index in [0.29, 0.717) is 6.42 Å². The third-order valence-corrected chi connectivity index (χ3v) is 7.25. The Morgan fingerprint density at radius 1 is 1.00 bits per heavy atom. The molecule has 0 saturated carbocycles. The number of furan rings is 1. The minimum absolute atomic E-state index is 0.151. The molecule has 1 aliphatic carbocycles. The van der Waals surface area contributed by atoms with Crippen LogP contribution in [0.15, 0.2) is 59.0 Å². The van der Waals surface area contributed by atoms with Crippen molar-refractivity contribution in [2.24, 2.45) is 0 Å². The molecule has 4 rings (SSSR count). The average Bonchev–Trinajstić information content (AvgIpc) is 3.25. The van der Waals surface area contributed by atoms with E-state index in [0.717, 1.165) is 11.3 Å². The molecule has 0 radical (unpaired) electrons. The van der Waals surface area contributed by atoms with Gasteiger partial charge in [0.25, 0.3) is 5.91 Å². The minimum Gasteiger partial charge on any atom is -0.456 e. The highest BCUT2D eigenvalue weighted by Crippen LogP contribution is 2.46. The Bertz CT molecular complexity index is 1140. The summed E-state index contributed by atoms with van der Waals surface area (Å²) in [6.07, 6.45) is 3.01. The Kier molecular flexibility index (Phi) is 6.24. The topological polar surface area (TPSA) is 62.5 Å². The van der Waals surface area contributed by atoms with Crippen LogP contribution in [0.25, 0.3) is 0 Å². The number of hydrogen-bond acceptors (Lipinski definition) is 3. The molecule has 1 aromatic heterocycles. The van der Waals surface area contributed by atoms with Crippen LogP contribution in [0.3, 0.4) is 0 Å². The van der Waals surface area contributed by atoms with Crippen LogP contribution in [-0.4, -0.2) is 17.6 Å². The second kappa shape index (κ2) is 8.83. The molecule has 1 heterocycles. The molecule has 0 unspecified atom stereocenters. The molecule has 1 atom stereocenters. The molecule has 1 aliphatic rings. The van der Waals surface area contributed by atoms with Crippen LogP contribution in [0.5, 0.6) is 0 Å². The lowest BCUT2D eigenvalue weighted by molar-refractivity contribution is 0.0886. The normalized spacial score (nSPS) is 17.3. The minimum atomic E-state index is -0.472. The molecule has 4 nitrogen and oxygen atoms in total. The number of aryl methyl sites for hydroxylation is 1. The number of aliphatic hydroxyl groups excluding tert-OH is 1. The number of carbonyl (C=O) groups is 1. The Morgan fingerprint density at radius 3 is 2.27 bits per heavy atom. The Morgan fingerprint density at radius 2 is 1.64 bits per heavy atom. The molecule has 2 N–H and O–H groups in total. The number of carbonyl (C=O) groups excluding carboxylic acids is 1. The number of hydrogen-bond donors (Lipinski definition) is 2. The highest BCUT2D eigenvalue weighted by Gasteiger charge is 2.37. The fourth-order valence-corrected chi connectivity index (χ4v) is 4.89. The lowest BCUT2D eigenvalue weighted by atomic mass is 9.62. The maximum absolute atomic E-state index is 12.8. The first kappa shape index (κ1) is 23.3. The number of benzene rings is 2. The average molecular weight is 446 g/mol. The quantitative estimate of drug-likeness (QED) is 0.490. The number of nitrogens with one attached hydrogen (secondary N) is 1. The molecular weight excluding hydrogens is 410 g/mol. The zero-order valence-corrected chi connectivity index (χ0v) is 20.4. The summed E-state index contributed by atoms with van der Waals surface area (Å²) >= 11 is 0. The molecule has 3 aromatic rings. The summed E-state index contributed by atoms with van der Waals surface area (Å²) in [7, 11) is 0. The van der Waals surface area contributed by atoms with Crippen molar-refractivity contribution >= 4 is 5.91 Å². The van der Waals surface area contributed by atoms with Gasteiger partial charge in [-0.2, -0.15) is 0 Å². The van der Waals surface area contributed by atoms with Gasteiger partial charge >= 0.3 is 0 Å². The van der Waals surface area contributed by atoms with Gasteiger partial charge in [0.1, 0.15) is 5.76 Å². The molecule has 1 amide bonds. The van der Waals surface area contributed by atoms with E-state index in [1.165, 1.54) is 35.1 Å². The first-order chi connectivity index (χ1) is 15.6. The van der Waals surface area contributed by atoms with E-state index >= 15 is 0 Å². The van der Waals surface area contributed by atoms with Gasteiger partial charge in [0.15, 0.2) is 5.76 Å². The Hall–Kier alpha value is -2.85. The van der Waals surface area contributed by atoms with Gasteiger partial charge in [-0.3, -0.25) is 4.79 Å². The fraction of sp³-hybridized carbons (Fsp3) is 0.414. The van der Waals surface area contributed by atoms with E-state index in [1.807, 2.05) is 36.4 Å². The molecule has 0 spiro atoms. The largest absolute Gasteiger partial charge is 0.456 e. The highest BCUT2D eigenvalue weighted by molar-refractivity contribution is 5.91. The summed E-state index contributed by atoms with van der Waals surface area (Å²) in [5, 5.41) is 12.6. The lowest BCUT2D eigenvalue weighted by Crippen LogP contribution is -2.34. The molecular formula is C29H35NO3. The number of amides is 1. The SMILES string of the molecule is Cc1cc2c(cc1Cc1ccc(C(=O)N[C@H](CO)c3ccccc3)o1)C(C)(C)CCC2(C)C. The van der Waals surface area contributed by atoms with E-state index in [-0.39, 0.29) is 29.1 Å². The van der Waals surface area contributed by atoms with Crippen molar-refractivity contribution < 1.29 is 14.3 Å². The maximum atomic E-state index is 12.8. The van der Waals surface area contributed by atoms with Crippen molar-refractivity contribution in [2.75, 3.05) is 6.61 Å². The molecule has 4 heteroatoms. The molecule has 0 saturated heterocycles. The molecule has 0 fully saturated rings. The van der Waals surface area contributed by atoms with E-state index < -0.39 is 6.04 Å². The van der Waals surface area contributed by atoms with Gasteiger partial charge in [-0.05, 0) is 70.5 Å². The third-order valence-electron chi connectivity index (χ3n) is 7.25. The van der Waals surface area contributed by atoms with Crippen LogP contribution < -0.4 is 5.32 Å². The standard InChI is InChI=1S/C29H35NO3/c1-19-15-23-24(29(4,5)14-13-28(23,2)3)17-21(19)16-22-11-12-26(33-22)27(32)30-25(18-31)20-9-7-6-8-10-20/h6-12,15,17,25,31H,13-14,16,18H2,1-5H3,(H,30,32)/t25-/m1/s1. The number of rotatable bonds is 6. The van der Waals surface area contributed by atoms with Gasteiger partial charge in [-0.15, -0.1) is 0 Å². The molecule has 174 valence electrons. The van der Waals surface area contributed by atoms with Crippen molar-refractivity contribution in [3.63, 3.8) is 0 Å². The van der Waals surface area contributed by atoms with Crippen LogP contribution in [0, 0.1) is 6.92 Å². The highest BCUT2D eigenvalue weighted by atomic mass is 16.3. The predicted octanol–water partition coefficient (Wildman–Crippen LogP) is 5.99. The maximum Gasteiger partial charge on any atom is 0.287 e. The predicted molar refractivity (Wildman–Crippen MR) is 132 cm³/mol. The van der Waals surface area contributed by atoms with Gasteiger partial charge in [0.05, 0.1) is 12.6 Å². The monoisotopic (exact) mass is 445 g/mol. The zero-order chi connectivity index (χ0) is 23.8. The third kappa shape index (κ3) is 4.77. The van der Waals surface area contributed by atoms with Crippen LogP contribution >= 0.6 is 0 Å². The van der Waals surface area contributed by atoms with Crippen LogP contribution in [0.2, 0.25) is 0 Å². The van der Waals surface area contributed by atoms with E-state index in [9.17, 15) is 9.90 Å². The summed E-state index contributed by atoms with van der Waals surface area (Å²) in [6.45, 7) is 11.3. The van der Waals surface area contributed by atoms with Gasteiger partial charge in [0, 0.05) is 6.42 Å². The summed E-state index contributed by atoms with van der Waals surface area (Å²) in [4.78, 5) is 12.8. The Labute approximate surface area is 197 Å². The summed E-state index contributed by atoms with van der Waals surface area (Å²) < 4.78 is 5.93. The van der Waals surface area contributed by atoms with Crippen molar-refractivity contribution in [3.8, 4) is 0 Å². The second-order valence-electron chi connectivity index (χ2n) is 10.7. The molecule has 0 bridgehead atoms. The van der Waals surface area contributed by atoms with Crippen LogP contribution in [0.1, 0.15) is 90.7 Å². The fourth-order valence-electron chi connectivity index (χ4n) is 4.89. The van der Waals surface area contributed by atoms with E-state index in [2.05, 4.69) is 52.1 Å². The molecule has 0 aliphatic heterocycles. The second-order valence-corrected chi connectivity index (χ2v) is 10.7. The first-order valence-corrected chi connectivity index (χ1v) is 11.8.